The molecule has 8 heteroatoms. The van der Waals surface area contributed by atoms with Crippen LogP contribution in [0.3, 0.4) is 0 Å². The van der Waals surface area contributed by atoms with Crippen molar-refractivity contribution in [1.82, 2.24) is 20.1 Å². The first kappa shape index (κ1) is 18.3. The molecule has 2 aliphatic rings. The molecule has 1 aromatic rings. The van der Waals surface area contributed by atoms with Crippen LogP contribution < -0.4 is 10.1 Å². The number of guanidine groups is 1. The van der Waals surface area contributed by atoms with Crippen molar-refractivity contribution in [2.75, 3.05) is 39.3 Å². The summed E-state index contributed by atoms with van der Waals surface area (Å²) in [5, 5.41) is 3.33. The van der Waals surface area contributed by atoms with Gasteiger partial charge in [-0.2, -0.15) is 0 Å². The Kier molecular flexibility index (Phi) is 5.49. The number of amides is 1. The van der Waals surface area contributed by atoms with Crippen LogP contribution in [0.4, 0.5) is 4.79 Å². The lowest BCUT2D eigenvalue weighted by Crippen LogP contribution is -2.57. The molecule has 8 nitrogen and oxygen atoms in total. The summed E-state index contributed by atoms with van der Waals surface area (Å²) in [5.74, 6) is 1.64. The third kappa shape index (κ3) is 4.77. The number of hydrogen-bond acceptors (Lipinski definition) is 7. The highest BCUT2D eigenvalue weighted by molar-refractivity contribution is 5.82. The fourth-order valence-corrected chi connectivity index (χ4v) is 2.99. The summed E-state index contributed by atoms with van der Waals surface area (Å²) in [4.78, 5) is 24.8. The van der Waals surface area contributed by atoms with Gasteiger partial charge in [-0.1, -0.05) is 0 Å². The first-order chi connectivity index (χ1) is 12.4. The SMILES string of the molecule is CC(C)(C)OC(=O)N1CCN2C(NCCOc3cccnc3)=NCC2C1. The highest BCUT2D eigenvalue weighted by Gasteiger charge is 2.36. The Hall–Kier alpha value is -2.51. The predicted octanol–water partition coefficient (Wildman–Crippen LogP) is 1.34. The number of fused-ring (bicyclic) bond motifs is 1. The smallest absolute Gasteiger partial charge is 0.410 e. The number of aliphatic imine (C=N–C) groups is 1. The van der Waals surface area contributed by atoms with E-state index >= 15 is 0 Å². The van der Waals surface area contributed by atoms with Crippen molar-refractivity contribution < 1.29 is 14.3 Å². The molecule has 1 amide bonds. The number of aromatic nitrogens is 1. The maximum Gasteiger partial charge on any atom is 0.410 e. The molecule has 3 rings (SSSR count). The average molecular weight is 361 g/mol. The molecule has 0 spiro atoms. The van der Waals surface area contributed by atoms with Crippen molar-refractivity contribution in [2.24, 2.45) is 4.99 Å². The van der Waals surface area contributed by atoms with Gasteiger partial charge in [0, 0.05) is 25.8 Å². The lowest BCUT2D eigenvalue weighted by molar-refractivity contribution is 0.0137. The van der Waals surface area contributed by atoms with E-state index in [9.17, 15) is 4.79 Å². The first-order valence-corrected chi connectivity index (χ1v) is 8.98. The maximum absolute atomic E-state index is 12.2. The number of pyridine rings is 1. The molecule has 0 saturated carbocycles. The van der Waals surface area contributed by atoms with Crippen molar-refractivity contribution in [2.45, 2.75) is 32.4 Å². The number of carbonyl (C=O) groups excluding carboxylic acids is 1. The Labute approximate surface area is 154 Å². The molecule has 1 aromatic heterocycles. The molecular formula is C18H27N5O3. The van der Waals surface area contributed by atoms with Crippen molar-refractivity contribution in [3.8, 4) is 5.75 Å². The fourth-order valence-electron chi connectivity index (χ4n) is 2.99. The zero-order valence-corrected chi connectivity index (χ0v) is 15.6. The van der Waals surface area contributed by atoms with E-state index in [1.54, 1.807) is 17.3 Å². The van der Waals surface area contributed by atoms with E-state index in [1.807, 2.05) is 32.9 Å². The molecule has 1 N–H and O–H groups in total. The minimum Gasteiger partial charge on any atom is -0.490 e. The van der Waals surface area contributed by atoms with E-state index in [4.69, 9.17) is 9.47 Å². The minimum atomic E-state index is -0.471. The van der Waals surface area contributed by atoms with E-state index in [0.717, 1.165) is 18.3 Å². The molecule has 1 unspecified atom stereocenters. The van der Waals surface area contributed by atoms with Crippen molar-refractivity contribution >= 4 is 12.1 Å². The minimum absolute atomic E-state index is 0.206. The van der Waals surface area contributed by atoms with Crippen molar-refractivity contribution in [3.05, 3.63) is 24.5 Å². The molecule has 1 fully saturated rings. The molecule has 0 aliphatic carbocycles. The summed E-state index contributed by atoms with van der Waals surface area (Å²) in [6, 6.07) is 3.93. The van der Waals surface area contributed by atoms with Crippen molar-refractivity contribution in [3.63, 3.8) is 0 Å². The Morgan fingerprint density at radius 2 is 2.23 bits per heavy atom. The molecule has 142 valence electrons. The van der Waals surface area contributed by atoms with Gasteiger partial charge < -0.3 is 24.6 Å². The number of hydrogen-bond donors (Lipinski definition) is 1. The van der Waals surface area contributed by atoms with E-state index in [-0.39, 0.29) is 12.1 Å². The van der Waals surface area contributed by atoms with Gasteiger partial charge in [-0.3, -0.25) is 9.98 Å². The molecule has 1 saturated heterocycles. The van der Waals surface area contributed by atoms with Crippen LogP contribution >= 0.6 is 0 Å². The second kappa shape index (κ2) is 7.80. The van der Waals surface area contributed by atoms with Gasteiger partial charge in [-0.25, -0.2) is 4.79 Å². The van der Waals surface area contributed by atoms with Gasteiger partial charge in [0.15, 0.2) is 5.96 Å². The van der Waals surface area contributed by atoms with Crippen LogP contribution in [-0.4, -0.2) is 77.8 Å². The highest BCUT2D eigenvalue weighted by Crippen LogP contribution is 2.18. The quantitative estimate of drug-likeness (QED) is 0.816. The lowest BCUT2D eigenvalue weighted by atomic mass is 10.2. The van der Waals surface area contributed by atoms with Crippen LogP contribution in [-0.2, 0) is 4.74 Å². The number of nitrogens with zero attached hydrogens (tertiary/aromatic N) is 4. The van der Waals surface area contributed by atoms with Crippen LogP contribution in [0.25, 0.3) is 0 Å². The van der Waals surface area contributed by atoms with Crippen LogP contribution in [0.5, 0.6) is 5.75 Å². The van der Waals surface area contributed by atoms with Gasteiger partial charge in [0.05, 0.1) is 25.3 Å². The predicted molar refractivity (Wildman–Crippen MR) is 98.3 cm³/mol. The summed E-state index contributed by atoms with van der Waals surface area (Å²) < 4.78 is 11.1. The van der Waals surface area contributed by atoms with Crippen LogP contribution in [0.1, 0.15) is 20.8 Å². The normalized spacial score (nSPS) is 19.7. The largest absolute Gasteiger partial charge is 0.490 e. The van der Waals surface area contributed by atoms with E-state index in [1.165, 1.54) is 0 Å². The summed E-state index contributed by atoms with van der Waals surface area (Å²) in [7, 11) is 0. The zero-order valence-electron chi connectivity index (χ0n) is 15.6. The van der Waals surface area contributed by atoms with Gasteiger partial charge >= 0.3 is 6.09 Å². The second-order valence-corrected chi connectivity index (χ2v) is 7.40. The van der Waals surface area contributed by atoms with Gasteiger partial charge in [-0.05, 0) is 32.9 Å². The molecule has 0 bridgehead atoms. The van der Waals surface area contributed by atoms with Gasteiger partial charge in [-0.15, -0.1) is 0 Å². The topological polar surface area (TPSA) is 79.3 Å². The van der Waals surface area contributed by atoms with Crippen LogP contribution in [0, 0.1) is 0 Å². The highest BCUT2D eigenvalue weighted by atomic mass is 16.6. The summed E-state index contributed by atoms with van der Waals surface area (Å²) in [6.45, 7) is 9.55. The molecule has 2 aliphatic heterocycles. The van der Waals surface area contributed by atoms with E-state index < -0.39 is 5.60 Å². The number of rotatable bonds is 4. The second-order valence-electron chi connectivity index (χ2n) is 7.40. The average Bonchev–Trinajstić information content (AvgIpc) is 3.00. The third-order valence-electron chi connectivity index (χ3n) is 4.15. The monoisotopic (exact) mass is 361 g/mol. The van der Waals surface area contributed by atoms with Gasteiger partial charge in [0.2, 0.25) is 0 Å². The molecule has 0 radical (unpaired) electrons. The molecular weight excluding hydrogens is 334 g/mol. The standard InChI is InChI=1S/C18H27N5O3/c1-18(2,3)26-17(24)22-8-9-23-14(13-22)11-21-16(23)20-7-10-25-15-5-4-6-19-12-15/h4-6,12,14H,7-11,13H2,1-3H3,(H,20,21). The first-order valence-electron chi connectivity index (χ1n) is 8.98. The number of carbonyl (C=O) groups is 1. The Morgan fingerprint density at radius 1 is 1.38 bits per heavy atom. The third-order valence-corrected chi connectivity index (χ3v) is 4.15. The summed E-state index contributed by atoms with van der Waals surface area (Å²) >= 11 is 0. The van der Waals surface area contributed by atoms with Crippen LogP contribution in [0.15, 0.2) is 29.5 Å². The van der Waals surface area contributed by atoms with Crippen molar-refractivity contribution in [1.29, 1.82) is 0 Å². The van der Waals surface area contributed by atoms with E-state index in [0.29, 0.717) is 32.8 Å². The summed E-state index contributed by atoms with van der Waals surface area (Å²) in [6.07, 6.45) is 3.16. The molecule has 26 heavy (non-hydrogen) atoms. The molecule has 1 atom stereocenters. The fraction of sp³-hybridized carbons (Fsp3) is 0.611. The number of nitrogens with one attached hydrogen (secondary N) is 1. The Bertz CT molecular complexity index is 644. The van der Waals surface area contributed by atoms with Crippen LogP contribution in [0.2, 0.25) is 0 Å². The molecule has 0 aromatic carbocycles. The Morgan fingerprint density at radius 3 is 2.96 bits per heavy atom. The van der Waals surface area contributed by atoms with Gasteiger partial charge in [0.1, 0.15) is 18.0 Å². The van der Waals surface area contributed by atoms with Gasteiger partial charge in [0.25, 0.3) is 0 Å². The summed E-state index contributed by atoms with van der Waals surface area (Å²) in [5.41, 5.74) is -0.471. The van der Waals surface area contributed by atoms with E-state index in [2.05, 4.69) is 20.2 Å². The number of ether oxygens (including phenoxy) is 2. The zero-order chi connectivity index (χ0) is 18.6. The molecule has 3 heterocycles. The Balaban J connectivity index is 1.41. The lowest BCUT2D eigenvalue weighted by Gasteiger charge is -2.39. The number of piperazine rings is 1. The maximum atomic E-state index is 12.2.